The van der Waals surface area contributed by atoms with Crippen molar-refractivity contribution in [1.82, 2.24) is 0 Å². The van der Waals surface area contributed by atoms with E-state index in [-0.39, 0.29) is 23.1 Å². The van der Waals surface area contributed by atoms with E-state index in [1.165, 1.54) is 12.1 Å². The molecule has 0 spiro atoms. The van der Waals surface area contributed by atoms with Gasteiger partial charge in [0.1, 0.15) is 35.6 Å². The summed E-state index contributed by atoms with van der Waals surface area (Å²) >= 11 is 0. The zero-order valence-electron chi connectivity index (χ0n) is 15.7. The van der Waals surface area contributed by atoms with Gasteiger partial charge < -0.3 is 15.2 Å². The Labute approximate surface area is 167 Å². The number of Topliss-reactive ketones (excluding diaryl/α,β-unsaturated/α-hetero) is 1. The molecule has 5 nitrogen and oxygen atoms in total. The topological polar surface area (TPSA) is 85.3 Å². The minimum absolute atomic E-state index is 0.00636. The average Bonchev–Trinajstić information content (AvgIpc) is 2.73. The molecule has 1 aliphatic heterocycles. The van der Waals surface area contributed by atoms with Crippen molar-refractivity contribution >= 4 is 5.78 Å². The molecule has 0 bridgehead atoms. The molecule has 6 heteroatoms. The molecule has 2 aromatic rings. The Hall–Kier alpha value is -3.59. The van der Waals surface area contributed by atoms with Gasteiger partial charge in [-0.15, -0.1) is 0 Å². The summed E-state index contributed by atoms with van der Waals surface area (Å²) in [4.78, 5) is 12.6. The van der Waals surface area contributed by atoms with Crippen LogP contribution in [0.5, 0.6) is 5.75 Å². The van der Waals surface area contributed by atoms with Crippen molar-refractivity contribution in [2.45, 2.75) is 31.8 Å². The third kappa shape index (κ3) is 3.72. The van der Waals surface area contributed by atoms with Crippen molar-refractivity contribution in [3.05, 3.63) is 88.3 Å². The van der Waals surface area contributed by atoms with Crippen LogP contribution in [0.4, 0.5) is 4.39 Å². The molecule has 0 saturated heterocycles. The van der Waals surface area contributed by atoms with Gasteiger partial charge in [0, 0.05) is 18.4 Å². The van der Waals surface area contributed by atoms with E-state index in [2.05, 4.69) is 6.07 Å². The first-order valence-electron chi connectivity index (χ1n) is 9.38. The van der Waals surface area contributed by atoms with Gasteiger partial charge in [-0.3, -0.25) is 4.79 Å². The number of allylic oxidation sites excluding steroid dienone is 3. The lowest BCUT2D eigenvalue weighted by atomic mass is 9.77. The van der Waals surface area contributed by atoms with Crippen LogP contribution in [0.25, 0.3) is 0 Å². The summed E-state index contributed by atoms with van der Waals surface area (Å²) in [5.74, 6) is 0.434. The standard InChI is InChI=1S/C23H19FN2O3/c24-16-8-4-14(5-9-16)13-28-17-10-6-15(7-11-17)21-18(12-25)23(26)29-20-3-1-2-19(27)22(20)21/h4-11,21H,1-3,13,26H2/t21-/m0/s1. The Bertz CT molecular complexity index is 1050. The van der Waals surface area contributed by atoms with Crippen molar-refractivity contribution in [2.24, 2.45) is 5.73 Å². The number of halogens is 1. The first kappa shape index (κ1) is 18.8. The highest BCUT2D eigenvalue weighted by Gasteiger charge is 2.37. The molecular formula is C23H19FN2O3. The van der Waals surface area contributed by atoms with Crippen molar-refractivity contribution < 1.29 is 18.7 Å². The molecule has 1 heterocycles. The molecule has 0 saturated carbocycles. The predicted octanol–water partition coefficient (Wildman–Crippen LogP) is 4.22. The number of carbonyl (C=O) groups is 1. The van der Waals surface area contributed by atoms with Crippen molar-refractivity contribution in [3.63, 3.8) is 0 Å². The maximum absolute atomic E-state index is 13.0. The Kier molecular flexibility index (Phi) is 5.05. The van der Waals surface area contributed by atoms with Crippen LogP contribution in [0.3, 0.4) is 0 Å². The summed E-state index contributed by atoms with van der Waals surface area (Å²) in [6.07, 6.45) is 1.79. The smallest absolute Gasteiger partial charge is 0.205 e. The zero-order chi connectivity index (χ0) is 20.4. The van der Waals surface area contributed by atoms with E-state index in [9.17, 15) is 14.4 Å². The van der Waals surface area contributed by atoms with E-state index >= 15 is 0 Å². The summed E-state index contributed by atoms with van der Waals surface area (Å²) in [5.41, 5.74) is 8.37. The molecule has 2 N–H and O–H groups in total. The molecule has 4 rings (SSSR count). The number of carbonyl (C=O) groups excluding carboxylic acids is 1. The fraction of sp³-hybridized carbons (Fsp3) is 0.217. The molecule has 29 heavy (non-hydrogen) atoms. The molecule has 146 valence electrons. The van der Waals surface area contributed by atoms with E-state index in [1.807, 2.05) is 12.1 Å². The number of nitriles is 1. The Balaban J connectivity index is 1.58. The molecule has 0 fully saturated rings. The highest BCUT2D eigenvalue weighted by Crippen LogP contribution is 2.43. The van der Waals surface area contributed by atoms with Gasteiger partial charge in [0.15, 0.2) is 5.78 Å². The maximum Gasteiger partial charge on any atom is 0.205 e. The van der Waals surface area contributed by atoms with Gasteiger partial charge in [-0.05, 0) is 41.8 Å². The first-order chi connectivity index (χ1) is 14.1. The second kappa shape index (κ2) is 7.80. The van der Waals surface area contributed by atoms with Crippen molar-refractivity contribution in [2.75, 3.05) is 0 Å². The number of hydrogen-bond acceptors (Lipinski definition) is 5. The number of nitrogens with zero attached hydrogens (tertiary/aromatic N) is 1. The lowest BCUT2D eigenvalue weighted by Crippen LogP contribution is -2.27. The van der Waals surface area contributed by atoms with Crippen LogP contribution in [0.15, 0.2) is 71.3 Å². The van der Waals surface area contributed by atoms with Crippen molar-refractivity contribution in [3.8, 4) is 11.8 Å². The minimum Gasteiger partial charge on any atom is -0.489 e. The predicted molar refractivity (Wildman–Crippen MR) is 104 cm³/mol. The molecular weight excluding hydrogens is 371 g/mol. The van der Waals surface area contributed by atoms with E-state index in [1.54, 1.807) is 24.3 Å². The SMILES string of the molecule is N#CC1=C(N)OC2=C(C(=O)CCC2)[C@H]1c1ccc(OCc2ccc(F)cc2)cc1. The van der Waals surface area contributed by atoms with Gasteiger partial charge in [0.2, 0.25) is 5.88 Å². The Morgan fingerprint density at radius 1 is 1.14 bits per heavy atom. The number of ketones is 1. The van der Waals surface area contributed by atoms with Crippen LogP contribution in [0, 0.1) is 17.1 Å². The highest BCUT2D eigenvalue weighted by atomic mass is 19.1. The molecule has 0 radical (unpaired) electrons. The first-order valence-corrected chi connectivity index (χ1v) is 9.38. The summed E-state index contributed by atoms with van der Waals surface area (Å²) in [7, 11) is 0. The van der Waals surface area contributed by atoms with Crippen LogP contribution in [0.2, 0.25) is 0 Å². The summed E-state index contributed by atoms with van der Waals surface area (Å²) in [6.45, 7) is 0.307. The summed E-state index contributed by atoms with van der Waals surface area (Å²) in [6, 6.07) is 15.4. The van der Waals surface area contributed by atoms with Gasteiger partial charge in [0.05, 0.1) is 5.92 Å². The number of rotatable bonds is 4. The molecule has 0 amide bonds. The normalized spacial score (nSPS) is 18.8. The van der Waals surface area contributed by atoms with Crippen LogP contribution in [-0.4, -0.2) is 5.78 Å². The molecule has 1 aliphatic carbocycles. The number of ether oxygens (including phenoxy) is 2. The van der Waals surface area contributed by atoms with Gasteiger partial charge in [-0.25, -0.2) is 4.39 Å². The van der Waals surface area contributed by atoms with Crippen LogP contribution < -0.4 is 10.5 Å². The fourth-order valence-corrected chi connectivity index (χ4v) is 3.69. The molecule has 0 aromatic heterocycles. The third-order valence-electron chi connectivity index (χ3n) is 5.14. The van der Waals surface area contributed by atoms with Crippen LogP contribution in [0.1, 0.15) is 36.3 Å². The average molecular weight is 390 g/mol. The molecule has 2 aliphatic rings. The number of nitrogens with two attached hydrogens (primary N) is 1. The molecule has 2 aromatic carbocycles. The third-order valence-corrected chi connectivity index (χ3v) is 5.14. The number of benzene rings is 2. The van der Waals surface area contributed by atoms with Gasteiger partial charge >= 0.3 is 0 Å². The van der Waals surface area contributed by atoms with Gasteiger partial charge in [-0.2, -0.15) is 5.26 Å². The maximum atomic E-state index is 13.0. The Morgan fingerprint density at radius 2 is 1.86 bits per heavy atom. The zero-order valence-corrected chi connectivity index (χ0v) is 15.7. The Morgan fingerprint density at radius 3 is 2.55 bits per heavy atom. The molecule has 1 atom stereocenters. The number of hydrogen-bond donors (Lipinski definition) is 1. The van der Waals surface area contributed by atoms with E-state index in [4.69, 9.17) is 15.2 Å². The summed E-state index contributed by atoms with van der Waals surface area (Å²) < 4.78 is 24.3. The minimum atomic E-state index is -0.525. The highest BCUT2D eigenvalue weighted by molar-refractivity contribution is 5.99. The van der Waals surface area contributed by atoms with Gasteiger partial charge in [-0.1, -0.05) is 24.3 Å². The van der Waals surface area contributed by atoms with E-state index in [0.717, 1.165) is 17.5 Å². The second-order valence-electron chi connectivity index (χ2n) is 7.02. The van der Waals surface area contributed by atoms with Gasteiger partial charge in [0.25, 0.3) is 0 Å². The van der Waals surface area contributed by atoms with Crippen molar-refractivity contribution in [1.29, 1.82) is 5.26 Å². The quantitative estimate of drug-likeness (QED) is 0.845. The fourth-order valence-electron chi connectivity index (χ4n) is 3.69. The molecule has 0 unspecified atom stereocenters. The second-order valence-corrected chi connectivity index (χ2v) is 7.02. The largest absolute Gasteiger partial charge is 0.489 e. The monoisotopic (exact) mass is 390 g/mol. The lowest BCUT2D eigenvalue weighted by molar-refractivity contribution is -0.116. The van der Waals surface area contributed by atoms with Crippen LogP contribution in [-0.2, 0) is 16.1 Å². The van der Waals surface area contributed by atoms with E-state index in [0.29, 0.717) is 36.5 Å². The van der Waals surface area contributed by atoms with Crippen LogP contribution >= 0.6 is 0 Å². The summed E-state index contributed by atoms with van der Waals surface area (Å²) in [5, 5.41) is 9.60. The van der Waals surface area contributed by atoms with E-state index < -0.39 is 5.92 Å². The lowest BCUT2D eigenvalue weighted by Gasteiger charge is -2.31.